The van der Waals surface area contributed by atoms with Crippen molar-refractivity contribution in [2.24, 2.45) is 0 Å². The molecule has 0 radical (unpaired) electrons. The lowest BCUT2D eigenvalue weighted by Crippen LogP contribution is -2.53. The molecule has 178 valence electrons. The molecule has 0 saturated carbocycles. The van der Waals surface area contributed by atoms with Gasteiger partial charge in [0.1, 0.15) is 0 Å². The largest absolute Gasteiger partial charge is 0.490 e. The van der Waals surface area contributed by atoms with Gasteiger partial charge in [-0.15, -0.1) is 0 Å². The molecule has 0 amide bonds. The van der Waals surface area contributed by atoms with Gasteiger partial charge in [-0.3, -0.25) is 4.90 Å². The molecule has 30 heavy (non-hydrogen) atoms. The van der Waals surface area contributed by atoms with Gasteiger partial charge >= 0.3 is 24.3 Å². The predicted molar refractivity (Wildman–Crippen MR) is 91.3 cm³/mol. The lowest BCUT2D eigenvalue weighted by atomic mass is 10.0. The fourth-order valence-corrected chi connectivity index (χ4v) is 3.40. The number of carboxylic acid groups (broad SMARTS) is 2. The third-order valence-corrected chi connectivity index (χ3v) is 5.36. The van der Waals surface area contributed by atoms with Crippen LogP contribution in [-0.2, 0) is 19.6 Å². The molecule has 2 heterocycles. The minimum Gasteiger partial charge on any atom is -0.475 e. The van der Waals surface area contributed by atoms with Crippen molar-refractivity contribution in [2.75, 3.05) is 45.5 Å². The predicted octanol–water partition coefficient (Wildman–Crippen LogP) is 0.582. The summed E-state index contributed by atoms with van der Waals surface area (Å²) >= 11 is 0. The first kappa shape index (κ1) is 28.4. The van der Waals surface area contributed by atoms with Gasteiger partial charge in [-0.1, -0.05) is 0 Å². The van der Waals surface area contributed by atoms with Crippen molar-refractivity contribution < 1.29 is 54.6 Å². The number of sulfonamides is 1. The summed E-state index contributed by atoms with van der Waals surface area (Å²) in [6.45, 7) is 5.27. The molecule has 2 saturated heterocycles. The Morgan fingerprint density at radius 3 is 1.47 bits per heavy atom. The number of piperidine rings is 1. The van der Waals surface area contributed by atoms with Crippen LogP contribution in [0.4, 0.5) is 26.3 Å². The van der Waals surface area contributed by atoms with E-state index in [9.17, 15) is 34.8 Å². The molecule has 3 N–H and O–H groups in total. The normalized spacial score (nSPS) is 19.7. The number of nitrogens with one attached hydrogen (secondary N) is 1. The summed E-state index contributed by atoms with van der Waals surface area (Å²) in [6.07, 6.45) is -6.48. The van der Waals surface area contributed by atoms with Crippen LogP contribution in [-0.4, -0.2) is 104 Å². The number of halogens is 6. The van der Waals surface area contributed by atoms with Gasteiger partial charge in [0.2, 0.25) is 10.0 Å². The zero-order chi connectivity index (χ0) is 23.8. The molecule has 9 nitrogen and oxygen atoms in total. The molecule has 0 aromatic carbocycles. The number of aliphatic carboxylic acids is 2. The van der Waals surface area contributed by atoms with E-state index in [-0.39, 0.29) is 0 Å². The van der Waals surface area contributed by atoms with Crippen molar-refractivity contribution in [3.8, 4) is 0 Å². The second-order valence-corrected chi connectivity index (χ2v) is 8.27. The number of carbonyl (C=O) groups is 2. The van der Waals surface area contributed by atoms with Crippen LogP contribution < -0.4 is 5.32 Å². The van der Waals surface area contributed by atoms with E-state index in [1.807, 2.05) is 0 Å². The monoisotopic (exact) mass is 475 g/mol. The fraction of sp³-hybridized carbons (Fsp3) is 0.857. The highest BCUT2D eigenvalue weighted by atomic mass is 32.2. The van der Waals surface area contributed by atoms with E-state index in [0.717, 1.165) is 26.2 Å². The Bertz CT molecular complexity index is 632. The van der Waals surface area contributed by atoms with E-state index < -0.39 is 34.3 Å². The fourth-order valence-electron chi connectivity index (χ4n) is 2.57. The van der Waals surface area contributed by atoms with Gasteiger partial charge in [0.05, 0.1) is 6.26 Å². The Kier molecular flexibility index (Phi) is 11.0. The van der Waals surface area contributed by atoms with Gasteiger partial charge in [0.15, 0.2) is 0 Å². The Morgan fingerprint density at radius 2 is 1.20 bits per heavy atom. The Hall–Kier alpha value is -1.65. The van der Waals surface area contributed by atoms with Crippen molar-refractivity contribution in [3.05, 3.63) is 0 Å². The summed E-state index contributed by atoms with van der Waals surface area (Å²) < 4.78 is 87.8. The third kappa shape index (κ3) is 11.5. The minimum atomic E-state index is -5.08. The summed E-state index contributed by atoms with van der Waals surface area (Å²) in [6, 6.07) is 0.656. The van der Waals surface area contributed by atoms with Crippen LogP contribution in [0.3, 0.4) is 0 Å². The SMILES string of the molecule is CS(=O)(=O)N1CCN(C2CCNCC2)CC1.O=C(O)C(F)(F)F.O=C(O)C(F)(F)F. The van der Waals surface area contributed by atoms with Crippen molar-refractivity contribution in [2.45, 2.75) is 31.2 Å². The number of alkyl halides is 6. The van der Waals surface area contributed by atoms with E-state index in [1.165, 1.54) is 19.1 Å². The van der Waals surface area contributed by atoms with Crippen LogP contribution in [0.2, 0.25) is 0 Å². The number of hydrogen-bond donors (Lipinski definition) is 3. The molecule has 0 unspecified atom stereocenters. The molecule has 0 bridgehead atoms. The lowest BCUT2D eigenvalue weighted by Gasteiger charge is -2.40. The van der Waals surface area contributed by atoms with E-state index in [1.54, 1.807) is 4.31 Å². The van der Waals surface area contributed by atoms with E-state index in [4.69, 9.17) is 19.8 Å². The zero-order valence-corrected chi connectivity index (χ0v) is 16.6. The quantitative estimate of drug-likeness (QED) is 0.495. The standard InChI is InChI=1S/C10H21N3O2S.2C2HF3O2/c1-16(14,15)13-8-6-12(7-9-13)10-2-4-11-5-3-10;2*3-2(4,5)1(6)7/h10-11H,2-9H2,1H3;2*(H,6,7). The number of nitrogens with zero attached hydrogens (tertiary/aromatic N) is 2. The Morgan fingerprint density at radius 1 is 0.867 bits per heavy atom. The van der Waals surface area contributed by atoms with Gasteiger partial charge in [-0.25, -0.2) is 18.0 Å². The molecular weight excluding hydrogens is 452 g/mol. The molecule has 0 aromatic heterocycles. The van der Waals surface area contributed by atoms with Crippen LogP contribution in [0, 0.1) is 0 Å². The first-order valence-corrected chi connectivity index (χ1v) is 10.3. The molecule has 2 aliphatic rings. The van der Waals surface area contributed by atoms with Gasteiger partial charge in [0.25, 0.3) is 0 Å². The van der Waals surface area contributed by atoms with Crippen LogP contribution in [0.25, 0.3) is 0 Å². The number of piperazine rings is 1. The summed E-state index contributed by atoms with van der Waals surface area (Å²) in [5, 5.41) is 17.6. The second-order valence-electron chi connectivity index (χ2n) is 6.29. The van der Waals surface area contributed by atoms with E-state index in [0.29, 0.717) is 19.1 Å². The van der Waals surface area contributed by atoms with Gasteiger partial charge < -0.3 is 15.5 Å². The second kappa shape index (κ2) is 11.7. The summed E-state index contributed by atoms with van der Waals surface area (Å²) in [4.78, 5) is 20.2. The number of rotatable bonds is 2. The minimum absolute atomic E-state index is 0.656. The molecule has 0 atom stereocenters. The maximum Gasteiger partial charge on any atom is 0.490 e. The van der Waals surface area contributed by atoms with Crippen molar-refractivity contribution in [1.82, 2.24) is 14.5 Å². The first-order chi connectivity index (χ1) is 13.5. The zero-order valence-electron chi connectivity index (χ0n) is 15.8. The maximum absolute atomic E-state index is 11.4. The molecule has 2 aliphatic heterocycles. The molecule has 0 spiro atoms. The van der Waals surface area contributed by atoms with Crippen LogP contribution in [0.5, 0.6) is 0 Å². The topological polar surface area (TPSA) is 127 Å². The highest BCUT2D eigenvalue weighted by molar-refractivity contribution is 7.88. The van der Waals surface area contributed by atoms with E-state index >= 15 is 0 Å². The summed E-state index contributed by atoms with van der Waals surface area (Å²) in [5.41, 5.74) is 0. The van der Waals surface area contributed by atoms with Crippen LogP contribution in [0.15, 0.2) is 0 Å². The Labute approximate surface area is 168 Å². The average molecular weight is 475 g/mol. The van der Waals surface area contributed by atoms with Crippen molar-refractivity contribution >= 4 is 22.0 Å². The smallest absolute Gasteiger partial charge is 0.475 e. The first-order valence-electron chi connectivity index (χ1n) is 8.46. The maximum atomic E-state index is 11.4. The molecule has 2 rings (SSSR count). The van der Waals surface area contributed by atoms with Crippen molar-refractivity contribution in [1.29, 1.82) is 0 Å². The highest BCUT2D eigenvalue weighted by Gasteiger charge is 2.38. The van der Waals surface area contributed by atoms with Gasteiger partial charge in [-0.05, 0) is 25.9 Å². The number of hydrogen-bond acceptors (Lipinski definition) is 6. The van der Waals surface area contributed by atoms with Crippen LogP contribution >= 0.6 is 0 Å². The van der Waals surface area contributed by atoms with Gasteiger partial charge in [0, 0.05) is 32.2 Å². The van der Waals surface area contributed by atoms with Crippen molar-refractivity contribution in [3.63, 3.8) is 0 Å². The lowest BCUT2D eigenvalue weighted by molar-refractivity contribution is -0.193. The summed E-state index contributed by atoms with van der Waals surface area (Å²) in [5.74, 6) is -5.51. The third-order valence-electron chi connectivity index (χ3n) is 4.05. The Balaban J connectivity index is 0.000000503. The summed E-state index contributed by atoms with van der Waals surface area (Å²) in [7, 11) is -2.99. The highest BCUT2D eigenvalue weighted by Crippen LogP contribution is 2.16. The average Bonchev–Trinajstić information content (AvgIpc) is 2.61. The molecule has 16 heteroatoms. The van der Waals surface area contributed by atoms with Crippen LogP contribution in [0.1, 0.15) is 12.8 Å². The van der Waals surface area contributed by atoms with E-state index in [2.05, 4.69) is 10.2 Å². The van der Waals surface area contributed by atoms with Gasteiger partial charge in [-0.2, -0.15) is 30.6 Å². The molecule has 0 aromatic rings. The number of carboxylic acids is 2. The molecule has 2 fully saturated rings. The molecular formula is C14H23F6N3O6S. The molecule has 0 aliphatic carbocycles.